The highest BCUT2D eigenvalue weighted by atomic mass is 35.5. The van der Waals surface area contributed by atoms with Crippen LogP contribution < -0.4 is 0 Å². The SMILES string of the molecule is O=C(O[C@H]1[C@H](F)C(n2cnc3c(Cl)ncnc32)O[C@@H]1COC(c1ccccc1)(c1ccccc1)c1ccccc1)c1ccccc1. The first-order valence-corrected chi connectivity index (χ1v) is 15.1. The molecule has 0 radical (unpaired) electrons. The topological polar surface area (TPSA) is 88.4 Å². The van der Waals surface area contributed by atoms with Crippen LogP contribution >= 0.6 is 11.6 Å². The number of hydrogen-bond acceptors (Lipinski definition) is 7. The van der Waals surface area contributed by atoms with Gasteiger partial charge in [0.05, 0.1) is 18.5 Å². The van der Waals surface area contributed by atoms with Crippen molar-refractivity contribution in [2.75, 3.05) is 6.61 Å². The Bertz CT molecular complexity index is 1830. The first-order chi connectivity index (χ1) is 22.6. The molecule has 46 heavy (non-hydrogen) atoms. The Kier molecular flexibility index (Phi) is 8.28. The third-order valence-corrected chi connectivity index (χ3v) is 8.39. The van der Waals surface area contributed by atoms with Gasteiger partial charge in [0.25, 0.3) is 0 Å². The number of fused-ring (bicyclic) bond motifs is 1. The van der Waals surface area contributed by atoms with Gasteiger partial charge in [-0.2, -0.15) is 0 Å². The van der Waals surface area contributed by atoms with Gasteiger partial charge in [-0.1, -0.05) is 121 Å². The smallest absolute Gasteiger partial charge is 0.338 e. The Morgan fingerprint density at radius 2 is 1.35 bits per heavy atom. The fraction of sp³-hybridized carbons (Fsp3) is 0.167. The Morgan fingerprint density at radius 3 is 1.91 bits per heavy atom. The fourth-order valence-corrected chi connectivity index (χ4v) is 6.12. The predicted octanol–water partition coefficient (Wildman–Crippen LogP) is 6.95. The van der Waals surface area contributed by atoms with Crippen molar-refractivity contribution in [1.82, 2.24) is 19.5 Å². The number of halogens is 2. The molecular weight excluding hydrogens is 607 g/mol. The van der Waals surface area contributed by atoms with Gasteiger partial charge >= 0.3 is 5.97 Å². The molecule has 1 unspecified atom stereocenters. The van der Waals surface area contributed by atoms with E-state index >= 15 is 4.39 Å². The zero-order valence-corrected chi connectivity index (χ0v) is 25.2. The lowest BCUT2D eigenvalue weighted by molar-refractivity contribution is -0.0957. The molecule has 7 rings (SSSR count). The third-order valence-electron chi connectivity index (χ3n) is 8.11. The first kappa shape index (κ1) is 29.7. The molecule has 0 spiro atoms. The number of carbonyl (C=O) groups excluding carboxylic acids is 1. The molecule has 0 aliphatic carbocycles. The minimum Gasteiger partial charge on any atom is -0.453 e. The monoisotopic (exact) mass is 634 g/mol. The normalized spacial score (nSPS) is 19.7. The van der Waals surface area contributed by atoms with Crippen molar-refractivity contribution >= 4 is 28.7 Å². The summed E-state index contributed by atoms with van der Waals surface area (Å²) in [6, 6.07) is 37.9. The minimum atomic E-state index is -1.80. The Hall–Kier alpha value is -4.96. The fourth-order valence-electron chi connectivity index (χ4n) is 5.94. The van der Waals surface area contributed by atoms with Gasteiger partial charge in [0.15, 0.2) is 29.3 Å². The van der Waals surface area contributed by atoms with Gasteiger partial charge in [-0.25, -0.2) is 24.1 Å². The van der Waals surface area contributed by atoms with Gasteiger partial charge in [0, 0.05) is 0 Å². The lowest BCUT2D eigenvalue weighted by atomic mass is 9.80. The van der Waals surface area contributed by atoms with Gasteiger partial charge in [-0.15, -0.1) is 0 Å². The second-order valence-corrected chi connectivity index (χ2v) is 11.2. The van der Waals surface area contributed by atoms with Crippen LogP contribution in [0.5, 0.6) is 0 Å². The molecule has 6 aromatic rings. The lowest BCUT2D eigenvalue weighted by Crippen LogP contribution is -2.41. The molecule has 2 aromatic heterocycles. The second-order valence-electron chi connectivity index (χ2n) is 10.8. The van der Waals surface area contributed by atoms with E-state index in [-0.39, 0.29) is 23.0 Å². The van der Waals surface area contributed by atoms with Crippen molar-refractivity contribution in [3.8, 4) is 0 Å². The molecule has 230 valence electrons. The molecule has 0 bridgehead atoms. The van der Waals surface area contributed by atoms with E-state index in [4.69, 9.17) is 25.8 Å². The standard InChI is InChI=1S/C36H28ClFN4O4/c37-32-30-33(40-22-39-32)42(23-41-30)34-29(38)31(46-35(43)24-13-5-1-6-14-24)28(45-34)21-44-36(25-15-7-2-8-16-25,26-17-9-3-10-18-26)27-19-11-4-12-20-27/h1-20,22-23,28-29,31,34H,21H2/t28-,29+,31-,34?/m1/s1. The number of benzene rings is 4. The summed E-state index contributed by atoms with van der Waals surface area (Å²) in [7, 11) is 0. The van der Waals surface area contributed by atoms with Gasteiger partial charge in [0.1, 0.15) is 23.5 Å². The molecule has 10 heteroatoms. The number of ether oxygens (including phenoxy) is 3. The van der Waals surface area contributed by atoms with Crippen molar-refractivity contribution in [1.29, 1.82) is 0 Å². The van der Waals surface area contributed by atoms with E-state index in [9.17, 15) is 4.79 Å². The molecule has 0 N–H and O–H groups in total. The summed E-state index contributed by atoms with van der Waals surface area (Å²) in [6.45, 7) is -0.134. The van der Waals surface area contributed by atoms with Crippen LogP contribution in [0, 0.1) is 0 Å². The van der Waals surface area contributed by atoms with Crippen LogP contribution in [0.2, 0.25) is 5.15 Å². The van der Waals surface area contributed by atoms with E-state index in [0.717, 1.165) is 16.7 Å². The molecule has 0 saturated carbocycles. The average Bonchev–Trinajstić information content (AvgIpc) is 3.68. The molecule has 1 aliphatic rings. The highest BCUT2D eigenvalue weighted by Crippen LogP contribution is 2.43. The number of aromatic nitrogens is 4. The van der Waals surface area contributed by atoms with E-state index in [2.05, 4.69) is 15.0 Å². The lowest BCUT2D eigenvalue weighted by Gasteiger charge is -2.37. The number of nitrogens with zero attached hydrogens (tertiary/aromatic N) is 4. The van der Waals surface area contributed by atoms with Crippen LogP contribution in [0.1, 0.15) is 33.3 Å². The van der Waals surface area contributed by atoms with Gasteiger partial charge < -0.3 is 14.2 Å². The van der Waals surface area contributed by atoms with Crippen LogP contribution in [0.15, 0.2) is 134 Å². The summed E-state index contributed by atoms with van der Waals surface area (Å²) in [5.41, 5.74) is 2.37. The van der Waals surface area contributed by atoms with Crippen molar-refractivity contribution in [2.24, 2.45) is 0 Å². The van der Waals surface area contributed by atoms with Gasteiger partial charge in [0.2, 0.25) is 0 Å². The summed E-state index contributed by atoms with van der Waals surface area (Å²) < 4.78 is 37.2. The van der Waals surface area contributed by atoms with Crippen LogP contribution in [0.25, 0.3) is 11.2 Å². The van der Waals surface area contributed by atoms with E-state index in [1.54, 1.807) is 30.3 Å². The van der Waals surface area contributed by atoms with E-state index in [1.165, 1.54) is 17.2 Å². The van der Waals surface area contributed by atoms with Crippen molar-refractivity contribution in [3.05, 3.63) is 161 Å². The molecule has 3 heterocycles. The summed E-state index contributed by atoms with van der Waals surface area (Å²) >= 11 is 6.23. The Balaban J connectivity index is 1.29. The molecule has 4 aromatic carbocycles. The molecular formula is C36H28ClFN4O4. The summed E-state index contributed by atoms with van der Waals surface area (Å²) in [6.07, 6.45) is -2.72. The number of hydrogen-bond donors (Lipinski definition) is 0. The van der Waals surface area contributed by atoms with Crippen molar-refractivity contribution in [3.63, 3.8) is 0 Å². The van der Waals surface area contributed by atoms with Crippen LogP contribution in [0.3, 0.4) is 0 Å². The predicted molar refractivity (Wildman–Crippen MR) is 170 cm³/mol. The average molecular weight is 635 g/mol. The maximum absolute atomic E-state index is 16.6. The molecule has 1 aliphatic heterocycles. The number of carbonyl (C=O) groups is 1. The molecule has 1 saturated heterocycles. The van der Waals surface area contributed by atoms with Crippen molar-refractivity contribution < 1.29 is 23.4 Å². The zero-order chi connectivity index (χ0) is 31.5. The number of alkyl halides is 1. The van der Waals surface area contributed by atoms with Crippen LogP contribution in [0.4, 0.5) is 4.39 Å². The first-order valence-electron chi connectivity index (χ1n) is 14.8. The van der Waals surface area contributed by atoms with E-state index < -0.39 is 36.2 Å². The van der Waals surface area contributed by atoms with Crippen LogP contribution in [-0.4, -0.2) is 50.5 Å². The highest BCUT2D eigenvalue weighted by molar-refractivity contribution is 6.33. The summed E-state index contributed by atoms with van der Waals surface area (Å²) in [5, 5.41) is 0.127. The Labute approximate surface area is 269 Å². The van der Waals surface area contributed by atoms with Gasteiger partial charge in [-0.3, -0.25) is 4.57 Å². The second kappa shape index (κ2) is 12.8. The number of rotatable bonds is 9. The maximum atomic E-state index is 16.6. The van der Waals surface area contributed by atoms with Crippen molar-refractivity contribution in [2.45, 2.75) is 30.2 Å². The third kappa shape index (κ3) is 5.43. The van der Waals surface area contributed by atoms with Gasteiger partial charge in [-0.05, 0) is 28.8 Å². The molecule has 0 amide bonds. The quantitative estimate of drug-likeness (QED) is 0.0966. The largest absolute Gasteiger partial charge is 0.453 e. The maximum Gasteiger partial charge on any atom is 0.338 e. The zero-order valence-electron chi connectivity index (χ0n) is 24.4. The van der Waals surface area contributed by atoms with E-state index in [1.807, 2.05) is 91.0 Å². The molecule has 8 nitrogen and oxygen atoms in total. The molecule has 4 atom stereocenters. The highest BCUT2D eigenvalue weighted by Gasteiger charge is 2.51. The van der Waals surface area contributed by atoms with E-state index in [0.29, 0.717) is 5.52 Å². The van der Waals surface area contributed by atoms with Crippen LogP contribution in [-0.2, 0) is 19.8 Å². The minimum absolute atomic E-state index is 0.127. The molecule has 1 fully saturated rings. The number of imidazole rings is 1. The summed E-state index contributed by atoms with van der Waals surface area (Å²) in [4.78, 5) is 25.8. The Morgan fingerprint density at radius 1 is 0.804 bits per heavy atom. The number of esters is 1. The summed E-state index contributed by atoms with van der Waals surface area (Å²) in [5.74, 6) is -0.677.